The molecule has 0 amide bonds. The number of aromatic nitrogens is 2. The quantitative estimate of drug-likeness (QED) is 0.847. The summed E-state index contributed by atoms with van der Waals surface area (Å²) in [6, 6.07) is 7.86. The molecule has 88 valence electrons. The average molecular weight is 230 g/mol. The predicted octanol–water partition coefficient (Wildman–Crippen LogP) is 2.40. The molecule has 0 fully saturated rings. The van der Waals surface area contributed by atoms with Crippen molar-refractivity contribution >= 4 is 5.97 Å². The maximum atomic E-state index is 10.5. The monoisotopic (exact) mass is 230 g/mol. The summed E-state index contributed by atoms with van der Waals surface area (Å²) in [5.41, 5.74) is 3.07. The van der Waals surface area contributed by atoms with Gasteiger partial charge in [0, 0.05) is 6.42 Å². The van der Waals surface area contributed by atoms with E-state index in [9.17, 15) is 4.79 Å². The first-order valence-electron chi connectivity index (χ1n) is 5.48. The number of carboxylic acids is 1. The van der Waals surface area contributed by atoms with E-state index in [0.717, 1.165) is 22.6 Å². The molecule has 0 radical (unpaired) electrons. The molecular formula is C13H14N2O2. The van der Waals surface area contributed by atoms with E-state index < -0.39 is 5.97 Å². The summed E-state index contributed by atoms with van der Waals surface area (Å²) in [7, 11) is 0. The highest BCUT2D eigenvalue weighted by Gasteiger charge is 2.02. The first-order valence-corrected chi connectivity index (χ1v) is 5.48. The van der Waals surface area contributed by atoms with Gasteiger partial charge in [-0.05, 0) is 24.5 Å². The van der Waals surface area contributed by atoms with Gasteiger partial charge in [-0.15, -0.1) is 0 Å². The van der Waals surface area contributed by atoms with Gasteiger partial charge in [-0.25, -0.2) is 4.98 Å². The van der Waals surface area contributed by atoms with Crippen LogP contribution in [0.2, 0.25) is 0 Å². The first kappa shape index (κ1) is 11.4. The van der Waals surface area contributed by atoms with Gasteiger partial charge in [-0.2, -0.15) is 0 Å². The van der Waals surface area contributed by atoms with Crippen LogP contribution in [0.3, 0.4) is 0 Å². The molecule has 0 bridgehead atoms. The molecule has 1 aromatic carbocycles. The standard InChI is InChI=1S/C13H14N2O2/c1-9-14-8-12(15-9)11-5-2-10(3-6-11)4-7-13(16)17/h2-3,5-6,8H,4,7H2,1H3,(H,14,15)(H,16,17). The number of aryl methyl sites for hydroxylation is 2. The van der Waals surface area contributed by atoms with Gasteiger partial charge in [-0.3, -0.25) is 4.79 Å². The number of rotatable bonds is 4. The normalized spacial score (nSPS) is 10.4. The molecule has 0 aliphatic rings. The maximum absolute atomic E-state index is 10.5. The number of nitrogens with zero attached hydrogens (tertiary/aromatic N) is 1. The summed E-state index contributed by atoms with van der Waals surface area (Å²) in [4.78, 5) is 17.7. The fourth-order valence-electron chi connectivity index (χ4n) is 1.67. The Bertz CT molecular complexity index is 514. The van der Waals surface area contributed by atoms with Crippen molar-refractivity contribution in [3.63, 3.8) is 0 Å². The number of nitrogens with one attached hydrogen (secondary N) is 1. The zero-order valence-corrected chi connectivity index (χ0v) is 9.60. The van der Waals surface area contributed by atoms with E-state index in [1.54, 1.807) is 6.20 Å². The average Bonchev–Trinajstić information content (AvgIpc) is 2.74. The summed E-state index contributed by atoms with van der Waals surface area (Å²) in [5.74, 6) is 0.119. The van der Waals surface area contributed by atoms with Crippen molar-refractivity contribution in [1.29, 1.82) is 0 Å². The molecule has 2 N–H and O–H groups in total. The smallest absolute Gasteiger partial charge is 0.303 e. The van der Waals surface area contributed by atoms with Gasteiger partial charge in [0.05, 0.1) is 11.9 Å². The fourth-order valence-corrected chi connectivity index (χ4v) is 1.67. The number of H-pyrrole nitrogens is 1. The van der Waals surface area contributed by atoms with E-state index in [4.69, 9.17) is 5.11 Å². The molecule has 4 heteroatoms. The molecule has 17 heavy (non-hydrogen) atoms. The number of hydrogen-bond acceptors (Lipinski definition) is 2. The lowest BCUT2D eigenvalue weighted by molar-refractivity contribution is -0.136. The van der Waals surface area contributed by atoms with Gasteiger partial charge in [0.15, 0.2) is 0 Å². The van der Waals surface area contributed by atoms with Crippen molar-refractivity contribution in [2.75, 3.05) is 0 Å². The molecule has 2 rings (SSSR count). The molecule has 1 aromatic heterocycles. The van der Waals surface area contributed by atoms with Crippen LogP contribution in [-0.2, 0) is 11.2 Å². The Morgan fingerprint density at radius 1 is 1.35 bits per heavy atom. The number of carboxylic acid groups (broad SMARTS) is 1. The van der Waals surface area contributed by atoms with Crippen molar-refractivity contribution < 1.29 is 9.90 Å². The predicted molar refractivity (Wildman–Crippen MR) is 64.7 cm³/mol. The van der Waals surface area contributed by atoms with E-state index >= 15 is 0 Å². The molecule has 4 nitrogen and oxygen atoms in total. The lowest BCUT2D eigenvalue weighted by atomic mass is 10.1. The third kappa shape index (κ3) is 2.93. The molecule has 0 atom stereocenters. The van der Waals surface area contributed by atoms with E-state index in [1.807, 2.05) is 31.2 Å². The van der Waals surface area contributed by atoms with Crippen LogP contribution in [0.1, 0.15) is 17.8 Å². The van der Waals surface area contributed by atoms with Crippen molar-refractivity contribution in [2.45, 2.75) is 19.8 Å². The van der Waals surface area contributed by atoms with Crippen molar-refractivity contribution in [3.8, 4) is 11.3 Å². The largest absolute Gasteiger partial charge is 0.481 e. The van der Waals surface area contributed by atoms with Crippen LogP contribution in [0, 0.1) is 6.92 Å². The minimum Gasteiger partial charge on any atom is -0.481 e. The third-order valence-electron chi connectivity index (χ3n) is 2.60. The number of aliphatic carboxylic acids is 1. The van der Waals surface area contributed by atoms with E-state index in [1.165, 1.54) is 0 Å². The Hall–Kier alpha value is -2.10. The summed E-state index contributed by atoms with van der Waals surface area (Å²) in [6.07, 6.45) is 2.53. The number of aromatic amines is 1. The number of carbonyl (C=O) groups is 1. The maximum Gasteiger partial charge on any atom is 0.303 e. The van der Waals surface area contributed by atoms with Gasteiger partial charge in [0.25, 0.3) is 0 Å². The minimum atomic E-state index is -0.765. The fraction of sp³-hybridized carbons (Fsp3) is 0.231. The third-order valence-corrected chi connectivity index (χ3v) is 2.60. The molecule has 2 aromatic rings. The minimum absolute atomic E-state index is 0.169. The van der Waals surface area contributed by atoms with Gasteiger partial charge >= 0.3 is 5.97 Å². The highest BCUT2D eigenvalue weighted by molar-refractivity contribution is 5.67. The van der Waals surface area contributed by atoms with Gasteiger partial charge in [0.2, 0.25) is 0 Å². The number of benzene rings is 1. The zero-order valence-electron chi connectivity index (χ0n) is 9.60. The van der Waals surface area contributed by atoms with Crippen LogP contribution in [-0.4, -0.2) is 21.0 Å². The van der Waals surface area contributed by atoms with E-state index in [2.05, 4.69) is 9.97 Å². The van der Waals surface area contributed by atoms with Crippen molar-refractivity contribution in [2.24, 2.45) is 0 Å². The molecular weight excluding hydrogens is 216 g/mol. The topological polar surface area (TPSA) is 66.0 Å². The summed E-state index contributed by atoms with van der Waals surface area (Å²) in [5, 5.41) is 8.60. The van der Waals surface area contributed by atoms with Gasteiger partial charge < -0.3 is 10.1 Å². The van der Waals surface area contributed by atoms with Crippen LogP contribution in [0.15, 0.2) is 30.5 Å². The Kier molecular flexibility index (Phi) is 3.23. The molecule has 0 spiro atoms. The number of hydrogen-bond donors (Lipinski definition) is 2. The highest BCUT2D eigenvalue weighted by atomic mass is 16.4. The van der Waals surface area contributed by atoms with Crippen LogP contribution in [0.25, 0.3) is 11.3 Å². The number of imidazole rings is 1. The lowest BCUT2D eigenvalue weighted by Crippen LogP contribution is -1.97. The molecule has 0 aliphatic heterocycles. The Labute approximate surface area is 99.3 Å². The SMILES string of the molecule is Cc1ncc(-c2ccc(CCC(=O)O)cc2)[nH]1. The van der Waals surface area contributed by atoms with Crippen molar-refractivity contribution in [3.05, 3.63) is 41.9 Å². The summed E-state index contributed by atoms with van der Waals surface area (Å²) < 4.78 is 0. The zero-order chi connectivity index (χ0) is 12.3. The molecule has 0 saturated carbocycles. The van der Waals surface area contributed by atoms with Gasteiger partial charge in [0.1, 0.15) is 5.82 Å². The molecule has 0 aliphatic carbocycles. The molecule has 1 heterocycles. The van der Waals surface area contributed by atoms with Crippen LogP contribution < -0.4 is 0 Å². The Balaban J connectivity index is 2.10. The second-order valence-electron chi connectivity index (χ2n) is 3.97. The second kappa shape index (κ2) is 4.82. The van der Waals surface area contributed by atoms with Gasteiger partial charge in [-0.1, -0.05) is 24.3 Å². The van der Waals surface area contributed by atoms with Crippen molar-refractivity contribution in [1.82, 2.24) is 9.97 Å². The van der Waals surface area contributed by atoms with Crippen LogP contribution in [0.4, 0.5) is 0 Å². The summed E-state index contributed by atoms with van der Waals surface area (Å²) in [6.45, 7) is 1.91. The Morgan fingerprint density at radius 2 is 2.06 bits per heavy atom. The molecule has 0 saturated heterocycles. The van der Waals surface area contributed by atoms with Crippen LogP contribution in [0.5, 0.6) is 0 Å². The summed E-state index contributed by atoms with van der Waals surface area (Å²) >= 11 is 0. The first-order chi connectivity index (χ1) is 8.15. The highest BCUT2D eigenvalue weighted by Crippen LogP contribution is 2.18. The Morgan fingerprint density at radius 3 is 2.59 bits per heavy atom. The van der Waals surface area contributed by atoms with Crippen LogP contribution >= 0.6 is 0 Å². The van der Waals surface area contributed by atoms with E-state index in [0.29, 0.717) is 6.42 Å². The van der Waals surface area contributed by atoms with E-state index in [-0.39, 0.29) is 6.42 Å². The molecule has 0 unspecified atom stereocenters. The lowest BCUT2D eigenvalue weighted by Gasteiger charge is -2.01. The second-order valence-corrected chi connectivity index (χ2v) is 3.97.